The molecule has 0 unspecified atom stereocenters. The van der Waals surface area contributed by atoms with Gasteiger partial charge >= 0.3 is 0 Å². The Morgan fingerprint density at radius 2 is 1.45 bits per heavy atom. The summed E-state index contributed by atoms with van der Waals surface area (Å²) >= 11 is 0. The third-order valence-electron chi connectivity index (χ3n) is 5.35. The van der Waals surface area contributed by atoms with Crippen molar-refractivity contribution in [2.75, 3.05) is 4.72 Å². The molecule has 1 amide bonds. The third kappa shape index (κ3) is 5.33. The molecule has 0 aliphatic carbocycles. The van der Waals surface area contributed by atoms with E-state index < -0.39 is 10.0 Å². The lowest BCUT2D eigenvalue weighted by Crippen LogP contribution is -2.29. The maximum atomic E-state index is 13.0. The van der Waals surface area contributed by atoms with Crippen LogP contribution in [0.15, 0.2) is 71.6 Å². The molecular formula is C25H28N2O3S. The molecular weight excluding hydrogens is 408 g/mol. The second-order valence-electron chi connectivity index (χ2n) is 7.74. The number of anilines is 1. The molecule has 5 nitrogen and oxygen atoms in total. The van der Waals surface area contributed by atoms with Gasteiger partial charge in [0.15, 0.2) is 0 Å². The Hall–Kier alpha value is -3.12. The average Bonchev–Trinajstić information content (AvgIpc) is 2.74. The number of hydrogen-bond donors (Lipinski definition) is 2. The smallest absolute Gasteiger partial charge is 0.261 e. The van der Waals surface area contributed by atoms with Gasteiger partial charge in [0.2, 0.25) is 0 Å². The van der Waals surface area contributed by atoms with E-state index in [1.54, 1.807) is 49.4 Å². The van der Waals surface area contributed by atoms with Gasteiger partial charge in [-0.2, -0.15) is 0 Å². The van der Waals surface area contributed by atoms with Crippen LogP contribution in [0.4, 0.5) is 5.69 Å². The van der Waals surface area contributed by atoms with Crippen molar-refractivity contribution in [2.45, 2.75) is 45.1 Å². The average molecular weight is 437 g/mol. The molecule has 31 heavy (non-hydrogen) atoms. The number of carbonyl (C=O) groups excluding carboxylic acids is 1. The van der Waals surface area contributed by atoms with E-state index in [9.17, 15) is 13.2 Å². The van der Waals surface area contributed by atoms with E-state index in [0.717, 1.165) is 23.1 Å². The van der Waals surface area contributed by atoms with Crippen LogP contribution in [0.25, 0.3) is 0 Å². The van der Waals surface area contributed by atoms with Crippen LogP contribution in [0.1, 0.15) is 52.0 Å². The molecule has 3 rings (SSSR count). The first-order chi connectivity index (χ1) is 14.7. The fourth-order valence-corrected chi connectivity index (χ4v) is 4.49. The van der Waals surface area contributed by atoms with E-state index in [1.165, 1.54) is 0 Å². The highest BCUT2D eigenvalue weighted by Crippen LogP contribution is 2.24. The standard InChI is InChI=1S/C25H28N2O3S/c1-5-23(20-13-9-17(2)10-14-20)26-25(28)22-7-6-8-24(19(22)4)27-31(29,30)21-15-11-18(3)12-16-21/h6-16,23,27H,5H2,1-4H3,(H,26,28)/t23-/m0/s1. The van der Waals surface area contributed by atoms with Crippen molar-refractivity contribution in [3.63, 3.8) is 0 Å². The van der Waals surface area contributed by atoms with E-state index in [0.29, 0.717) is 16.8 Å². The Morgan fingerprint density at radius 3 is 2.03 bits per heavy atom. The number of hydrogen-bond acceptors (Lipinski definition) is 3. The molecule has 6 heteroatoms. The number of aryl methyl sites for hydroxylation is 2. The highest BCUT2D eigenvalue weighted by atomic mass is 32.2. The first-order valence-electron chi connectivity index (χ1n) is 10.3. The van der Waals surface area contributed by atoms with Crippen LogP contribution in [-0.4, -0.2) is 14.3 Å². The molecule has 0 radical (unpaired) electrons. The Kier molecular flexibility index (Phi) is 6.81. The second kappa shape index (κ2) is 9.35. The van der Waals surface area contributed by atoms with Gasteiger partial charge in [-0.25, -0.2) is 8.42 Å². The van der Waals surface area contributed by atoms with Crippen LogP contribution in [0, 0.1) is 20.8 Å². The Labute approximate surface area is 184 Å². The minimum atomic E-state index is -3.75. The first-order valence-corrected chi connectivity index (χ1v) is 11.8. The summed E-state index contributed by atoms with van der Waals surface area (Å²) < 4.78 is 28.2. The number of sulfonamides is 1. The maximum absolute atomic E-state index is 13.0. The zero-order valence-corrected chi connectivity index (χ0v) is 19.1. The topological polar surface area (TPSA) is 75.3 Å². The number of carbonyl (C=O) groups is 1. The Morgan fingerprint density at radius 1 is 0.871 bits per heavy atom. The molecule has 3 aromatic carbocycles. The lowest BCUT2D eigenvalue weighted by atomic mass is 10.0. The quantitative estimate of drug-likeness (QED) is 0.528. The largest absolute Gasteiger partial charge is 0.345 e. The molecule has 0 fully saturated rings. The van der Waals surface area contributed by atoms with Gasteiger partial charge < -0.3 is 5.32 Å². The normalized spacial score (nSPS) is 12.3. The molecule has 0 aromatic heterocycles. The van der Waals surface area contributed by atoms with Gasteiger partial charge in [-0.1, -0.05) is 60.5 Å². The predicted octanol–water partition coefficient (Wildman–Crippen LogP) is 5.29. The zero-order chi connectivity index (χ0) is 22.6. The first kappa shape index (κ1) is 22.6. The van der Waals surface area contributed by atoms with Crippen LogP contribution in [0.5, 0.6) is 0 Å². The minimum Gasteiger partial charge on any atom is -0.345 e. The monoisotopic (exact) mass is 436 g/mol. The van der Waals surface area contributed by atoms with Crippen molar-refractivity contribution in [1.82, 2.24) is 5.32 Å². The van der Waals surface area contributed by atoms with Crippen LogP contribution in [0.3, 0.4) is 0 Å². The molecule has 0 saturated carbocycles. The van der Waals surface area contributed by atoms with Gasteiger partial charge in [0.25, 0.3) is 15.9 Å². The minimum absolute atomic E-state index is 0.125. The molecule has 0 bridgehead atoms. The summed E-state index contributed by atoms with van der Waals surface area (Å²) in [4.78, 5) is 13.2. The molecule has 3 aromatic rings. The lowest BCUT2D eigenvalue weighted by molar-refractivity contribution is 0.0935. The molecule has 1 atom stereocenters. The summed E-state index contributed by atoms with van der Waals surface area (Å²) in [5, 5.41) is 3.07. The van der Waals surface area contributed by atoms with E-state index in [2.05, 4.69) is 10.0 Å². The van der Waals surface area contributed by atoms with Crippen molar-refractivity contribution in [2.24, 2.45) is 0 Å². The van der Waals surface area contributed by atoms with E-state index in [4.69, 9.17) is 0 Å². The molecule has 162 valence electrons. The highest BCUT2D eigenvalue weighted by Gasteiger charge is 2.20. The van der Waals surface area contributed by atoms with Gasteiger partial charge in [0, 0.05) is 5.56 Å². The molecule has 0 aliphatic heterocycles. The molecule has 0 aliphatic rings. The van der Waals surface area contributed by atoms with E-state index in [-0.39, 0.29) is 16.8 Å². The van der Waals surface area contributed by atoms with Crippen molar-refractivity contribution in [1.29, 1.82) is 0 Å². The van der Waals surface area contributed by atoms with E-state index in [1.807, 2.05) is 45.0 Å². The molecule has 2 N–H and O–H groups in total. The zero-order valence-electron chi connectivity index (χ0n) is 18.3. The van der Waals surface area contributed by atoms with Crippen molar-refractivity contribution < 1.29 is 13.2 Å². The number of rotatable bonds is 7. The summed E-state index contributed by atoms with van der Waals surface area (Å²) in [6, 6.07) is 19.6. The van der Waals surface area contributed by atoms with Crippen molar-refractivity contribution in [3.05, 3.63) is 94.5 Å². The maximum Gasteiger partial charge on any atom is 0.261 e. The SMILES string of the molecule is CC[C@H](NC(=O)c1cccc(NS(=O)(=O)c2ccc(C)cc2)c1C)c1ccc(C)cc1. The van der Waals surface area contributed by atoms with Gasteiger partial charge in [0.05, 0.1) is 16.6 Å². The second-order valence-corrected chi connectivity index (χ2v) is 9.42. The summed E-state index contributed by atoms with van der Waals surface area (Å²) in [7, 11) is -3.75. The van der Waals surface area contributed by atoms with Gasteiger partial charge in [-0.15, -0.1) is 0 Å². The summed E-state index contributed by atoms with van der Waals surface area (Å²) in [5.74, 6) is -0.235. The summed E-state index contributed by atoms with van der Waals surface area (Å²) in [6.07, 6.45) is 0.744. The van der Waals surface area contributed by atoms with Crippen LogP contribution in [-0.2, 0) is 10.0 Å². The van der Waals surface area contributed by atoms with Gasteiger partial charge in [0.1, 0.15) is 0 Å². The number of nitrogens with one attached hydrogen (secondary N) is 2. The molecule has 0 saturated heterocycles. The number of benzene rings is 3. The predicted molar refractivity (Wildman–Crippen MR) is 125 cm³/mol. The van der Waals surface area contributed by atoms with Gasteiger partial charge in [-0.05, 0) is 62.6 Å². The summed E-state index contributed by atoms with van der Waals surface area (Å²) in [6.45, 7) is 7.69. The number of amides is 1. The molecule has 0 spiro atoms. The fourth-order valence-electron chi connectivity index (χ4n) is 3.37. The van der Waals surface area contributed by atoms with Crippen LogP contribution >= 0.6 is 0 Å². The van der Waals surface area contributed by atoms with Crippen LogP contribution in [0.2, 0.25) is 0 Å². The molecule has 0 heterocycles. The highest BCUT2D eigenvalue weighted by molar-refractivity contribution is 7.92. The summed E-state index contributed by atoms with van der Waals surface area (Å²) in [5.41, 5.74) is 4.58. The van der Waals surface area contributed by atoms with Crippen molar-refractivity contribution >= 4 is 21.6 Å². The van der Waals surface area contributed by atoms with Crippen LogP contribution < -0.4 is 10.0 Å². The Bertz CT molecular complexity index is 1170. The Balaban J connectivity index is 1.83. The fraction of sp³-hybridized carbons (Fsp3) is 0.240. The van der Waals surface area contributed by atoms with Crippen molar-refractivity contribution in [3.8, 4) is 0 Å². The third-order valence-corrected chi connectivity index (χ3v) is 6.73. The lowest BCUT2D eigenvalue weighted by Gasteiger charge is -2.19. The van der Waals surface area contributed by atoms with E-state index >= 15 is 0 Å². The van der Waals surface area contributed by atoms with Gasteiger partial charge in [-0.3, -0.25) is 9.52 Å².